The van der Waals surface area contributed by atoms with Crippen molar-refractivity contribution >= 4 is 17.9 Å². The molecule has 6 heteroatoms. The van der Waals surface area contributed by atoms with Gasteiger partial charge in [0.1, 0.15) is 13.2 Å². The van der Waals surface area contributed by atoms with Crippen molar-refractivity contribution in [2.75, 3.05) is 13.2 Å². The molecular weight excluding hydrogens is 757 g/mol. The maximum atomic E-state index is 12.8. The number of rotatable bonds is 47. The molecule has 0 aromatic rings. The number of carbonyl (C=O) groups is 3. The summed E-state index contributed by atoms with van der Waals surface area (Å²) in [6.45, 7) is 6.57. The third-order valence-corrected chi connectivity index (χ3v) is 11.3. The molecule has 0 spiro atoms. The first-order valence-electron chi connectivity index (χ1n) is 26.1. The highest BCUT2D eigenvalue weighted by atomic mass is 16.6. The summed E-state index contributed by atoms with van der Waals surface area (Å²) in [6, 6.07) is 0. The zero-order valence-electron chi connectivity index (χ0n) is 40.4. The number of allylic oxidation sites excluding steroid dienone is 8. The Morgan fingerprint density at radius 3 is 0.951 bits per heavy atom. The van der Waals surface area contributed by atoms with Gasteiger partial charge in [-0.3, -0.25) is 14.4 Å². The Bertz CT molecular complexity index is 1070. The standard InChI is InChI=1S/C55H98O6/c1-4-7-10-13-16-19-22-25-27-30-33-36-39-42-45-48-54(57)60-51-52(50-59-53(56)47-44-41-38-35-32-29-24-21-18-15-12-9-6-3)61-55(58)49-46-43-40-37-34-31-28-26-23-20-17-14-11-8-5-2/h16,19-21,23-25,27,52H,4-15,17-18,22,26,28-51H2,1-3H3/b19-16+,23-20+,24-21+,27-25+/t52-/m1/s1. The van der Waals surface area contributed by atoms with Crippen LogP contribution in [0.4, 0.5) is 0 Å². The second-order valence-electron chi connectivity index (χ2n) is 17.4. The van der Waals surface area contributed by atoms with Crippen molar-refractivity contribution in [3.63, 3.8) is 0 Å². The summed E-state index contributed by atoms with van der Waals surface area (Å²) >= 11 is 0. The van der Waals surface area contributed by atoms with Crippen LogP contribution in [0.25, 0.3) is 0 Å². The number of esters is 3. The van der Waals surface area contributed by atoms with E-state index in [1.165, 1.54) is 141 Å². The third-order valence-electron chi connectivity index (χ3n) is 11.3. The molecule has 0 N–H and O–H groups in total. The van der Waals surface area contributed by atoms with Crippen LogP contribution in [-0.4, -0.2) is 37.2 Å². The SMILES string of the molecule is CCCCC/C=C/C/C=C/CCCCCCCC(=O)OC[C@@H](COC(=O)CCCCCCC/C=C/CCCCCC)OC(=O)CCCCCCCCC/C=C/CCCCCC. The Morgan fingerprint density at radius 2 is 0.590 bits per heavy atom. The quantitative estimate of drug-likeness (QED) is 0.0263. The van der Waals surface area contributed by atoms with E-state index in [9.17, 15) is 14.4 Å². The van der Waals surface area contributed by atoms with E-state index in [2.05, 4.69) is 69.4 Å². The predicted octanol–water partition coefficient (Wildman–Crippen LogP) is 17.1. The maximum absolute atomic E-state index is 12.8. The van der Waals surface area contributed by atoms with Crippen LogP contribution >= 0.6 is 0 Å². The smallest absolute Gasteiger partial charge is 0.306 e. The van der Waals surface area contributed by atoms with Crippen molar-refractivity contribution in [3.05, 3.63) is 48.6 Å². The predicted molar refractivity (Wildman–Crippen MR) is 261 cm³/mol. The molecule has 1 atom stereocenters. The van der Waals surface area contributed by atoms with Crippen LogP contribution in [0.3, 0.4) is 0 Å². The molecule has 0 heterocycles. The fourth-order valence-corrected chi connectivity index (χ4v) is 7.28. The summed E-state index contributed by atoms with van der Waals surface area (Å²) < 4.78 is 16.8. The molecule has 0 amide bonds. The molecule has 0 saturated heterocycles. The van der Waals surface area contributed by atoms with Crippen LogP contribution in [-0.2, 0) is 28.6 Å². The van der Waals surface area contributed by atoms with Gasteiger partial charge in [-0.15, -0.1) is 0 Å². The fraction of sp³-hybridized carbons (Fsp3) is 0.800. The van der Waals surface area contributed by atoms with Crippen molar-refractivity contribution in [2.24, 2.45) is 0 Å². The van der Waals surface area contributed by atoms with Crippen molar-refractivity contribution in [1.82, 2.24) is 0 Å². The molecule has 0 fully saturated rings. The molecule has 0 saturated carbocycles. The molecule has 0 aliphatic heterocycles. The highest BCUT2D eigenvalue weighted by Gasteiger charge is 2.19. The van der Waals surface area contributed by atoms with E-state index in [1.807, 2.05) is 0 Å². The summed E-state index contributed by atoms with van der Waals surface area (Å²) in [7, 11) is 0. The second-order valence-corrected chi connectivity index (χ2v) is 17.4. The molecular formula is C55H98O6. The van der Waals surface area contributed by atoms with Crippen molar-refractivity contribution in [1.29, 1.82) is 0 Å². The number of unbranched alkanes of at least 4 members (excludes halogenated alkanes) is 28. The van der Waals surface area contributed by atoms with E-state index in [-0.39, 0.29) is 31.1 Å². The lowest BCUT2D eigenvalue weighted by Gasteiger charge is -2.18. The zero-order valence-corrected chi connectivity index (χ0v) is 40.4. The maximum Gasteiger partial charge on any atom is 0.306 e. The van der Waals surface area contributed by atoms with E-state index in [1.54, 1.807) is 0 Å². The van der Waals surface area contributed by atoms with Gasteiger partial charge in [0.2, 0.25) is 0 Å². The molecule has 354 valence electrons. The number of hydrogen-bond donors (Lipinski definition) is 0. The average molecular weight is 855 g/mol. The lowest BCUT2D eigenvalue weighted by atomic mass is 10.1. The van der Waals surface area contributed by atoms with Crippen molar-refractivity contribution in [2.45, 2.75) is 271 Å². The number of carbonyl (C=O) groups excluding carboxylic acids is 3. The van der Waals surface area contributed by atoms with Crippen LogP contribution in [0.5, 0.6) is 0 Å². The topological polar surface area (TPSA) is 78.9 Å². The van der Waals surface area contributed by atoms with E-state index >= 15 is 0 Å². The first-order chi connectivity index (χ1) is 30.0. The largest absolute Gasteiger partial charge is 0.462 e. The lowest BCUT2D eigenvalue weighted by molar-refractivity contribution is -0.167. The molecule has 0 radical (unpaired) electrons. The normalized spacial score (nSPS) is 12.4. The second kappa shape index (κ2) is 50.0. The van der Waals surface area contributed by atoms with Gasteiger partial charge in [-0.25, -0.2) is 0 Å². The fourth-order valence-electron chi connectivity index (χ4n) is 7.28. The Morgan fingerprint density at radius 1 is 0.328 bits per heavy atom. The van der Waals surface area contributed by atoms with E-state index in [0.29, 0.717) is 19.3 Å². The van der Waals surface area contributed by atoms with Crippen molar-refractivity contribution in [3.8, 4) is 0 Å². The third kappa shape index (κ3) is 48.3. The van der Waals surface area contributed by atoms with Crippen LogP contribution < -0.4 is 0 Å². The minimum absolute atomic E-state index is 0.0830. The highest BCUT2D eigenvalue weighted by molar-refractivity contribution is 5.71. The van der Waals surface area contributed by atoms with Gasteiger partial charge in [0, 0.05) is 19.3 Å². The monoisotopic (exact) mass is 855 g/mol. The zero-order chi connectivity index (χ0) is 44.4. The van der Waals surface area contributed by atoms with Gasteiger partial charge < -0.3 is 14.2 Å². The van der Waals surface area contributed by atoms with E-state index in [4.69, 9.17) is 14.2 Å². The lowest BCUT2D eigenvalue weighted by Crippen LogP contribution is -2.30. The summed E-state index contributed by atoms with van der Waals surface area (Å²) in [6.07, 6.45) is 59.4. The molecule has 0 bridgehead atoms. The summed E-state index contributed by atoms with van der Waals surface area (Å²) in [4.78, 5) is 38.0. The molecule has 0 aromatic carbocycles. The molecule has 0 unspecified atom stereocenters. The first kappa shape index (κ1) is 58.4. The van der Waals surface area contributed by atoms with Gasteiger partial charge in [-0.05, 0) is 103 Å². The highest BCUT2D eigenvalue weighted by Crippen LogP contribution is 2.14. The van der Waals surface area contributed by atoms with Gasteiger partial charge in [0.15, 0.2) is 6.10 Å². The van der Waals surface area contributed by atoms with E-state index in [0.717, 1.165) is 83.5 Å². The summed E-state index contributed by atoms with van der Waals surface area (Å²) in [5, 5.41) is 0. The van der Waals surface area contributed by atoms with Crippen molar-refractivity contribution < 1.29 is 28.6 Å². The number of ether oxygens (including phenoxy) is 3. The molecule has 61 heavy (non-hydrogen) atoms. The van der Waals surface area contributed by atoms with Gasteiger partial charge in [0.25, 0.3) is 0 Å². The van der Waals surface area contributed by atoms with Gasteiger partial charge in [0.05, 0.1) is 0 Å². The average Bonchev–Trinajstić information content (AvgIpc) is 3.26. The van der Waals surface area contributed by atoms with Crippen LogP contribution in [0.1, 0.15) is 265 Å². The number of hydrogen-bond acceptors (Lipinski definition) is 6. The summed E-state index contributed by atoms with van der Waals surface area (Å²) in [5.74, 6) is -0.903. The van der Waals surface area contributed by atoms with Crippen LogP contribution in [0, 0.1) is 0 Å². The van der Waals surface area contributed by atoms with Gasteiger partial charge in [-0.2, -0.15) is 0 Å². The Kier molecular flexibility index (Phi) is 47.9. The first-order valence-corrected chi connectivity index (χ1v) is 26.1. The minimum Gasteiger partial charge on any atom is -0.462 e. The van der Waals surface area contributed by atoms with Crippen LogP contribution in [0.2, 0.25) is 0 Å². The Balaban J connectivity index is 4.41. The molecule has 6 nitrogen and oxygen atoms in total. The van der Waals surface area contributed by atoms with Gasteiger partial charge >= 0.3 is 17.9 Å². The van der Waals surface area contributed by atoms with Crippen LogP contribution in [0.15, 0.2) is 48.6 Å². The Hall–Kier alpha value is -2.63. The molecule has 0 aliphatic carbocycles. The minimum atomic E-state index is -0.782. The molecule has 0 rings (SSSR count). The van der Waals surface area contributed by atoms with Gasteiger partial charge in [-0.1, -0.05) is 191 Å². The Labute approximate surface area is 378 Å². The van der Waals surface area contributed by atoms with E-state index < -0.39 is 6.10 Å². The summed E-state index contributed by atoms with van der Waals surface area (Å²) in [5.41, 5.74) is 0. The molecule has 0 aromatic heterocycles. The molecule has 0 aliphatic rings.